The van der Waals surface area contributed by atoms with Crippen molar-refractivity contribution < 1.29 is 9.53 Å². The van der Waals surface area contributed by atoms with Crippen LogP contribution in [0.2, 0.25) is 0 Å². The predicted octanol–water partition coefficient (Wildman–Crippen LogP) is 1.05. The summed E-state index contributed by atoms with van der Waals surface area (Å²) in [6, 6.07) is 0. The lowest BCUT2D eigenvalue weighted by molar-refractivity contribution is -0.117. The van der Waals surface area contributed by atoms with Gasteiger partial charge in [-0.1, -0.05) is 13.8 Å². The lowest BCUT2D eigenvalue weighted by Crippen LogP contribution is -2.16. The first-order valence-corrected chi connectivity index (χ1v) is 3.72. The van der Waals surface area contributed by atoms with Crippen LogP contribution in [0.5, 0.6) is 0 Å². The summed E-state index contributed by atoms with van der Waals surface area (Å²) in [5, 5.41) is 0. The number of carbonyl (C=O) groups excluding carboxylic acids is 1. The van der Waals surface area contributed by atoms with Crippen molar-refractivity contribution in [1.82, 2.24) is 0 Å². The van der Waals surface area contributed by atoms with Crippen LogP contribution in [-0.2, 0) is 9.53 Å². The fourth-order valence-corrected chi connectivity index (χ4v) is 0.660. The molecule has 0 aromatic carbocycles. The van der Waals surface area contributed by atoms with Gasteiger partial charge in [-0.15, -0.1) is 0 Å². The van der Waals surface area contributed by atoms with Crippen LogP contribution in [0.3, 0.4) is 0 Å². The summed E-state index contributed by atoms with van der Waals surface area (Å²) in [7, 11) is 0. The second kappa shape index (κ2) is 4.77. The molecule has 0 aliphatic rings. The van der Waals surface area contributed by atoms with E-state index in [2.05, 4.69) is 0 Å². The molecule has 0 spiro atoms. The highest BCUT2D eigenvalue weighted by Crippen LogP contribution is 2.02. The molecule has 0 rings (SSSR count). The van der Waals surface area contributed by atoms with Gasteiger partial charge in [0.1, 0.15) is 0 Å². The number of hydrogen-bond acceptors (Lipinski definition) is 2. The Morgan fingerprint density at radius 2 is 2.18 bits per heavy atom. The van der Waals surface area contributed by atoms with Crippen LogP contribution >= 0.6 is 0 Å². The number of hydrogen-bond donors (Lipinski definition) is 1. The molecule has 0 aliphatic heterocycles. The van der Waals surface area contributed by atoms with Crippen molar-refractivity contribution in [2.24, 2.45) is 11.7 Å². The van der Waals surface area contributed by atoms with Gasteiger partial charge >= 0.3 is 0 Å². The first-order chi connectivity index (χ1) is 5.07. The van der Waals surface area contributed by atoms with E-state index in [9.17, 15) is 4.79 Å². The summed E-state index contributed by atoms with van der Waals surface area (Å²) in [6.45, 7) is 6.21. The molecular weight excluding hydrogens is 142 g/mol. The topological polar surface area (TPSA) is 52.3 Å². The van der Waals surface area contributed by atoms with Gasteiger partial charge in [-0.2, -0.15) is 0 Å². The Morgan fingerprint density at radius 1 is 1.64 bits per heavy atom. The lowest BCUT2D eigenvalue weighted by Gasteiger charge is -2.05. The van der Waals surface area contributed by atoms with Gasteiger partial charge in [0.2, 0.25) is 0 Å². The fourth-order valence-electron chi connectivity index (χ4n) is 0.660. The fraction of sp³-hybridized carbons (Fsp3) is 0.625. The smallest absolute Gasteiger partial charge is 0.283 e. The standard InChI is InChI=1S/C8H15NO2/c1-4-11-7(8(9)10)5-6(2)3/h5-6H,4H2,1-3H3,(H2,9,10)/b7-5-. The molecule has 0 saturated heterocycles. The summed E-state index contributed by atoms with van der Waals surface area (Å²) in [6.07, 6.45) is 1.71. The summed E-state index contributed by atoms with van der Waals surface area (Å²) in [5.74, 6) is 0.0482. The maximum Gasteiger partial charge on any atom is 0.283 e. The highest BCUT2D eigenvalue weighted by Gasteiger charge is 2.04. The predicted molar refractivity (Wildman–Crippen MR) is 43.7 cm³/mol. The summed E-state index contributed by atoms with van der Waals surface area (Å²) >= 11 is 0. The van der Waals surface area contributed by atoms with Crippen molar-refractivity contribution in [3.8, 4) is 0 Å². The van der Waals surface area contributed by atoms with Crippen LogP contribution in [0, 0.1) is 5.92 Å². The number of amides is 1. The van der Waals surface area contributed by atoms with E-state index in [0.29, 0.717) is 6.61 Å². The second-order valence-electron chi connectivity index (χ2n) is 2.57. The number of primary amides is 1. The molecule has 1 amide bonds. The van der Waals surface area contributed by atoms with E-state index in [1.165, 1.54) is 0 Å². The molecule has 0 aromatic rings. The Balaban J connectivity index is 4.20. The molecule has 64 valence electrons. The Hall–Kier alpha value is -0.990. The molecule has 11 heavy (non-hydrogen) atoms. The molecule has 0 aliphatic carbocycles. The van der Waals surface area contributed by atoms with E-state index in [4.69, 9.17) is 10.5 Å². The van der Waals surface area contributed by atoms with Crippen molar-refractivity contribution >= 4 is 5.91 Å². The number of allylic oxidation sites excluding steroid dienone is 1. The largest absolute Gasteiger partial charge is 0.488 e. The van der Waals surface area contributed by atoms with Gasteiger partial charge in [0.25, 0.3) is 5.91 Å². The van der Waals surface area contributed by atoms with Crippen molar-refractivity contribution in [3.05, 3.63) is 11.8 Å². The van der Waals surface area contributed by atoms with Crippen LogP contribution in [0.25, 0.3) is 0 Å². The minimum absolute atomic E-state index is 0.266. The molecule has 3 heteroatoms. The van der Waals surface area contributed by atoms with Gasteiger partial charge in [0.05, 0.1) is 6.61 Å². The van der Waals surface area contributed by atoms with Crippen LogP contribution in [0.15, 0.2) is 11.8 Å². The van der Waals surface area contributed by atoms with Crippen molar-refractivity contribution in [1.29, 1.82) is 0 Å². The number of carbonyl (C=O) groups is 1. The zero-order valence-corrected chi connectivity index (χ0v) is 7.26. The van der Waals surface area contributed by atoms with Gasteiger partial charge < -0.3 is 10.5 Å². The molecule has 2 N–H and O–H groups in total. The molecule has 0 heterocycles. The number of nitrogens with two attached hydrogens (primary N) is 1. The summed E-state index contributed by atoms with van der Waals surface area (Å²) in [5.41, 5.74) is 5.04. The van der Waals surface area contributed by atoms with E-state index in [-0.39, 0.29) is 11.7 Å². The molecule has 0 atom stereocenters. The van der Waals surface area contributed by atoms with E-state index >= 15 is 0 Å². The molecular formula is C8H15NO2. The minimum Gasteiger partial charge on any atom is -0.488 e. The zero-order valence-electron chi connectivity index (χ0n) is 7.26. The van der Waals surface area contributed by atoms with E-state index in [1.807, 2.05) is 20.8 Å². The number of ether oxygens (including phenoxy) is 1. The highest BCUT2D eigenvalue weighted by atomic mass is 16.5. The molecule has 0 bridgehead atoms. The van der Waals surface area contributed by atoms with Crippen molar-refractivity contribution in [2.75, 3.05) is 6.61 Å². The molecule has 3 nitrogen and oxygen atoms in total. The third kappa shape index (κ3) is 4.42. The molecule has 0 fully saturated rings. The Morgan fingerprint density at radius 3 is 2.45 bits per heavy atom. The first-order valence-electron chi connectivity index (χ1n) is 3.72. The molecule has 0 unspecified atom stereocenters. The number of rotatable bonds is 4. The van der Waals surface area contributed by atoms with E-state index in [1.54, 1.807) is 6.08 Å². The monoisotopic (exact) mass is 157 g/mol. The molecule has 0 aromatic heterocycles. The average Bonchev–Trinajstić information content (AvgIpc) is 1.86. The van der Waals surface area contributed by atoms with Gasteiger partial charge in [0.15, 0.2) is 5.76 Å². The van der Waals surface area contributed by atoms with Crippen LogP contribution < -0.4 is 5.73 Å². The third-order valence-corrected chi connectivity index (χ3v) is 1.03. The normalized spacial score (nSPS) is 11.8. The third-order valence-electron chi connectivity index (χ3n) is 1.03. The van der Waals surface area contributed by atoms with Gasteiger partial charge in [-0.25, -0.2) is 0 Å². The van der Waals surface area contributed by atoms with Crippen LogP contribution in [0.4, 0.5) is 0 Å². The Bertz CT molecular complexity index is 161. The van der Waals surface area contributed by atoms with Crippen molar-refractivity contribution in [2.45, 2.75) is 20.8 Å². The average molecular weight is 157 g/mol. The first kappa shape index (κ1) is 10.0. The van der Waals surface area contributed by atoms with Gasteiger partial charge in [-0.05, 0) is 18.9 Å². The Labute approximate surface area is 67.2 Å². The lowest BCUT2D eigenvalue weighted by atomic mass is 10.2. The summed E-state index contributed by atoms with van der Waals surface area (Å²) in [4.78, 5) is 10.7. The molecule has 0 saturated carbocycles. The Kier molecular flexibility index (Phi) is 4.34. The SMILES string of the molecule is CCO/C(=C\C(C)C)C(N)=O. The van der Waals surface area contributed by atoms with Crippen LogP contribution in [0.1, 0.15) is 20.8 Å². The molecule has 0 radical (unpaired) electrons. The quantitative estimate of drug-likeness (QED) is 0.490. The van der Waals surface area contributed by atoms with Crippen LogP contribution in [-0.4, -0.2) is 12.5 Å². The van der Waals surface area contributed by atoms with Gasteiger partial charge in [-0.3, -0.25) is 4.79 Å². The van der Waals surface area contributed by atoms with Gasteiger partial charge in [0, 0.05) is 0 Å². The highest BCUT2D eigenvalue weighted by molar-refractivity contribution is 5.89. The maximum absolute atomic E-state index is 10.7. The minimum atomic E-state index is -0.499. The summed E-state index contributed by atoms with van der Waals surface area (Å²) < 4.78 is 5.00. The zero-order chi connectivity index (χ0) is 8.85. The van der Waals surface area contributed by atoms with E-state index < -0.39 is 5.91 Å². The van der Waals surface area contributed by atoms with E-state index in [0.717, 1.165) is 0 Å². The maximum atomic E-state index is 10.7. The van der Waals surface area contributed by atoms with Crippen molar-refractivity contribution in [3.63, 3.8) is 0 Å². The second-order valence-corrected chi connectivity index (χ2v) is 2.57.